The number of aromatic amines is 1. The molecule has 0 spiro atoms. The number of oxazole rings is 1. The number of amides is 1. The molecular formula is C21H18N8O3. The Kier molecular flexibility index (Phi) is 3.97. The van der Waals surface area contributed by atoms with Crippen molar-refractivity contribution in [3.8, 4) is 11.5 Å². The molecular weight excluding hydrogens is 412 g/mol. The highest BCUT2D eigenvalue weighted by Crippen LogP contribution is 2.35. The summed E-state index contributed by atoms with van der Waals surface area (Å²) in [4.78, 5) is 27.3. The summed E-state index contributed by atoms with van der Waals surface area (Å²) < 4.78 is 13.3. The first kappa shape index (κ1) is 18.5. The van der Waals surface area contributed by atoms with Crippen LogP contribution in [-0.2, 0) is 13.5 Å². The predicted molar refractivity (Wildman–Crippen MR) is 110 cm³/mol. The van der Waals surface area contributed by atoms with E-state index in [1.165, 1.54) is 0 Å². The zero-order valence-electron chi connectivity index (χ0n) is 17.3. The second-order valence-corrected chi connectivity index (χ2v) is 7.76. The summed E-state index contributed by atoms with van der Waals surface area (Å²) in [5, 5.41) is 12.1. The van der Waals surface area contributed by atoms with E-state index < -0.39 is 11.9 Å². The summed E-state index contributed by atoms with van der Waals surface area (Å²) in [6, 6.07) is 5.17. The third kappa shape index (κ3) is 2.89. The summed E-state index contributed by atoms with van der Waals surface area (Å²) in [7, 11) is 1.79. The van der Waals surface area contributed by atoms with Crippen molar-refractivity contribution in [2.24, 2.45) is 7.05 Å². The lowest BCUT2D eigenvalue weighted by atomic mass is 10.0. The number of H-pyrrole nitrogens is 1. The Morgan fingerprint density at radius 3 is 3.00 bits per heavy atom. The number of rotatable bonds is 3. The molecule has 160 valence electrons. The number of nitrogens with zero attached hydrogens (tertiary/aromatic N) is 7. The van der Waals surface area contributed by atoms with Crippen LogP contribution in [0.2, 0.25) is 0 Å². The minimum atomic E-state index is -0.612. The number of carbonyl (C=O) groups is 1. The van der Waals surface area contributed by atoms with E-state index in [4.69, 9.17) is 8.83 Å². The van der Waals surface area contributed by atoms with Crippen LogP contribution in [0.4, 0.5) is 0 Å². The van der Waals surface area contributed by atoms with Gasteiger partial charge in [-0.25, -0.2) is 9.97 Å². The molecule has 1 N–H and O–H groups in total. The minimum Gasteiger partial charge on any atom is -0.438 e. The molecule has 0 saturated carbocycles. The van der Waals surface area contributed by atoms with Crippen molar-refractivity contribution in [1.29, 1.82) is 0 Å². The minimum absolute atomic E-state index is 0.111. The molecule has 1 amide bonds. The van der Waals surface area contributed by atoms with Gasteiger partial charge < -0.3 is 18.7 Å². The van der Waals surface area contributed by atoms with Gasteiger partial charge in [0.1, 0.15) is 5.52 Å². The van der Waals surface area contributed by atoms with E-state index >= 15 is 0 Å². The molecule has 32 heavy (non-hydrogen) atoms. The highest BCUT2D eigenvalue weighted by molar-refractivity contribution is 5.90. The van der Waals surface area contributed by atoms with Crippen molar-refractivity contribution < 1.29 is 13.6 Å². The first-order valence-electron chi connectivity index (χ1n) is 10.1. The van der Waals surface area contributed by atoms with Crippen molar-refractivity contribution in [3.63, 3.8) is 0 Å². The molecule has 0 unspecified atom stereocenters. The van der Waals surface area contributed by atoms with E-state index in [0.29, 0.717) is 35.7 Å². The highest BCUT2D eigenvalue weighted by Gasteiger charge is 2.39. The van der Waals surface area contributed by atoms with Crippen LogP contribution in [0.15, 0.2) is 45.8 Å². The van der Waals surface area contributed by atoms with Crippen LogP contribution in [-0.4, -0.2) is 52.3 Å². The molecule has 0 radical (unpaired) electrons. The molecule has 0 bridgehead atoms. The number of hydrogen-bond acceptors (Lipinski definition) is 8. The molecule has 5 heterocycles. The van der Waals surface area contributed by atoms with Crippen LogP contribution < -0.4 is 0 Å². The molecule has 0 aliphatic carbocycles. The smallest absolute Gasteiger partial charge is 0.312 e. The zero-order valence-corrected chi connectivity index (χ0v) is 17.3. The highest BCUT2D eigenvalue weighted by atomic mass is 16.4. The average molecular weight is 430 g/mol. The maximum Gasteiger partial charge on any atom is 0.312 e. The number of imidazole rings is 1. The molecule has 1 aliphatic heterocycles. The van der Waals surface area contributed by atoms with Gasteiger partial charge in [0.2, 0.25) is 5.89 Å². The lowest BCUT2D eigenvalue weighted by molar-refractivity contribution is 0.0627. The molecule has 11 heteroatoms. The Labute approximate surface area is 181 Å². The lowest BCUT2D eigenvalue weighted by Gasteiger charge is -2.31. The normalized spacial score (nSPS) is 15.9. The van der Waals surface area contributed by atoms with Crippen molar-refractivity contribution in [2.75, 3.05) is 6.54 Å². The number of fused-ring (bicyclic) bond motifs is 2. The fourth-order valence-corrected chi connectivity index (χ4v) is 4.00. The molecule has 4 aromatic heterocycles. The second kappa shape index (κ2) is 6.87. The van der Waals surface area contributed by atoms with Gasteiger partial charge in [0.05, 0.1) is 23.8 Å². The molecule has 1 aliphatic rings. The van der Waals surface area contributed by atoms with E-state index in [1.807, 2.05) is 25.1 Å². The fourth-order valence-electron chi connectivity index (χ4n) is 4.00. The summed E-state index contributed by atoms with van der Waals surface area (Å²) in [6.45, 7) is 2.41. The maximum absolute atomic E-state index is 13.4. The van der Waals surface area contributed by atoms with Crippen molar-refractivity contribution in [1.82, 2.24) is 39.8 Å². The van der Waals surface area contributed by atoms with Gasteiger partial charge in [-0.3, -0.25) is 9.48 Å². The number of carbonyl (C=O) groups excluding carboxylic acids is 1. The molecule has 0 saturated heterocycles. The third-order valence-electron chi connectivity index (χ3n) is 5.54. The Morgan fingerprint density at radius 2 is 2.16 bits per heavy atom. The summed E-state index contributed by atoms with van der Waals surface area (Å²) >= 11 is 0. The first-order valence-corrected chi connectivity index (χ1v) is 10.1. The number of hydrogen-bond donors (Lipinski definition) is 1. The van der Waals surface area contributed by atoms with Crippen molar-refractivity contribution in [3.05, 3.63) is 65.7 Å². The van der Waals surface area contributed by atoms with E-state index in [9.17, 15) is 4.79 Å². The van der Waals surface area contributed by atoms with Gasteiger partial charge in [0.25, 0.3) is 5.89 Å². The van der Waals surface area contributed by atoms with E-state index in [0.717, 1.165) is 16.8 Å². The second-order valence-electron chi connectivity index (χ2n) is 7.76. The Balaban J connectivity index is 1.40. The van der Waals surface area contributed by atoms with E-state index in [1.54, 1.807) is 35.4 Å². The van der Waals surface area contributed by atoms with Crippen LogP contribution in [0.5, 0.6) is 0 Å². The van der Waals surface area contributed by atoms with E-state index in [-0.39, 0.29) is 11.8 Å². The number of benzene rings is 1. The third-order valence-corrected chi connectivity index (χ3v) is 5.54. The SMILES string of the molecule is Cc1ccc2oc([C@@H]3c4nc[nH]c4CCN3C(=O)c3nnc(-c4cnn(C)c4)o3)nc2c1. The van der Waals surface area contributed by atoms with Crippen LogP contribution in [0, 0.1) is 6.92 Å². The number of aryl methyl sites for hydroxylation is 2. The average Bonchev–Trinajstić information content (AvgIpc) is 3.57. The van der Waals surface area contributed by atoms with Gasteiger partial charge >= 0.3 is 11.8 Å². The van der Waals surface area contributed by atoms with Gasteiger partial charge in [-0.15, -0.1) is 10.2 Å². The Bertz CT molecular complexity index is 1460. The van der Waals surface area contributed by atoms with Gasteiger partial charge in [-0.05, 0) is 24.6 Å². The zero-order chi connectivity index (χ0) is 21.8. The summed E-state index contributed by atoms with van der Waals surface area (Å²) in [6.07, 6.45) is 5.57. The lowest BCUT2D eigenvalue weighted by Crippen LogP contribution is -2.41. The molecule has 6 rings (SSSR count). The fraction of sp³-hybridized carbons (Fsp3) is 0.238. The maximum atomic E-state index is 13.4. The van der Waals surface area contributed by atoms with Crippen LogP contribution in [0.25, 0.3) is 22.6 Å². The Morgan fingerprint density at radius 1 is 1.25 bits per heavy atom. The van der Waals surface area contributed by atoms with Crippen molar-refractivity contribution in [2.45, 2.75) is 19.4 Å². The standard InChI is InChI=1S/C21H18N8O3/c1-11-3-4-15-14(7-11)25-19(31-15)17-16-13(22-10-23-16)5-6-29(17)21(30)20-27-26-18(32-20)12-8-24-28(2)9-12/h3-4,7-10,17H,5-6H2,1-2H3,(H,22,23)/t17-/m0/s1. The van der Waals surface area contributed by atoms with Gasteiger partial charge in [-0.1, -0.05) is 6.07 Å². The molecule has 5 aromatic rings. The topological polar surface area (TPSA) is 132 Å². The number of aromatic nitrogens is 7. The van der Waals surface area contributed by atoms with Crippen molar-refractivity contribution >= 4 is 17.0 Å². The van der Waals surface area contributed by atoms with Gasteiger partial charge in [-0.2, -0.15) is 5.10 Å². The first-order chi connectivity index (χ1) is 15.6. The quantitative estimate of drug-likeness (QED) is 0.462. The molecule has 0 fully saturated rings. The van der Waals surface area contributed by atoms with Crippen LogP contribution in [0.3, 0.4) is 0 Å². The monoisotopic (exact) mass is 430 g/mol. The predicted octanol–water partition coefficient (Wildman–Crippen LogP) is 2.43. The van der Waals surface area contributed by atoms with Gasteiger partial charge in [0, 0.05) is 31.9 Å². The molecule has 11 nitrogen and oxygen atoms in total. The summed E-state index contributed by atoms with van der Waals surface area (Å²) in [5.74, 6) is 0.0938. The number of nitrogens with one attached hydrogen (secondary N) is 1. The molecule has 1 aromatic carbocycles. The van der Waals surface area contributed by atoms with Crippen LogP contribution >= 0.6 is 0 Å². The van der Waals surface area contributed by atoms with Gasteiger partial charge in [0.15, 0.2) is 11.6 Å². The molecule has 1 atom stereocenters. The van der Waals surface area contributed by atoms with Crippen LogP contribution in [0.1, 0.15) is 39.6 Å². The summed E-state index contributed by atoms with van der Waals surface area (Å²) in [5.41, 5.74) is 4.73. The Hall–Kier alpha value is -4.28. The van der Waals surface area contributed by atoms with E-state index in [2.05, 4.69) is 30.2 Å². The largest absolute Gasteiger partial charge is 0.438 e.